The van der Waals surface area contributed by atoms with Crippen LogP contribution in [-0.4, -0.2) is 28.2 Å². The summed E-state index contributed by atoms with van der Waals surface area (Å²) in [6, 6.07) is 9.87. The number of nitrogens with zero attached hydrogens (tertiary/aromatic N) is 4. The third-order valence-corrected chi connectivity index (χ3v) is 6.15. The maximum Gasteiger partial charge on any atom is 0.263 e. The quantitative estimate of drug-likeness (QED) is 0.533. The molecule has 3 aromatic heterocycles. The number of nitrogens with one attached hydrogen (secondary N) is 1. The number of sulfonamides is 1. The van der Waals surface area contributed by atoms with Crippen molar-refractivity contribution < 1.29 is 13.2 Å². The summed E-state index contributed by atoms with van der Waals surface area (Å²) in [7, 11) is -1.98. The summed E-state index contributed by atoms with van der Waals surface area (Å²) < 4.78 is 36.1. The van der Waals surface area contributed by atoms with Gasteiger partial charge in [-0.15, -0.1) is 11.3 Å². The van der Waals surface area contributed by atoms with Gasteiger partial charge in [-0.25, -0.2) is 18.4 Å². The molecule has 0 unspecified atom stereocenters. The van der Waals surface area contributed by atoms with Gasteiger partial charge in [-0.3, -0.25) is 9.40 Å². The third kappa shape index (κ3) is 3.62. The Morgan fingerprint density at radius 3 is 2.70 bits per heavy atom. The molecule has 0 spiro atoms. The van der Waals surface area contributed by atoms with Crippen LogP contribution in [0, 0.1) is 0 Å². The number of thiophene rings is 1. The van der Waals surface area contributed by atoms with E-state index in [0.29, 0.717) is 17.4 Å². The molecule has 1 N–H and O–H groups in total. The topological polar surface area (TPSA) is 99.0 Å². The van der Waals surface area contributed by atoms with Crippen LogP contribution in [0.1, 0.15) is 5.82 Å². The number of fused-ring (bicyclic) bond motifs is 1. The second-order valence-electron chi connectivity index (χ2n) is 5.66. The smallest absolute Gasteiger partial charge is 0.263 e. The maximum atomic E-state index is 12.7. The molecule has 4 rings (SSSR count). The van der Waals surface area contributed by atoms with E-state index in [-0.39, 0.29) is 11.5 Å². The highest BCUT2D eigenvalue weighted by atomic mass is 32.2. The summed E-state index contributed by atoms with van der Waals surface area (Å²) in [5.41, 5.74) is 0. The Morgan fingerprint density at radius 2 is 1.96 bits per heavy atom. The molecule has 8 nitrogen and oxygen atoms in total. The first kappa shape index (κ1) is 17.4. The number of rotatable bonds is 6. The molecule has 0 aliphatic rings. The number of ether oxygens (including phenoxy) is 1. The normalized spacial score (nSPS) is 11.6. The van der Waals surface area contributed by atoms with Crippen molar-refractivity contribution >= 4 is 37.3 Å². The number of hydrogen-bond acceptors (Lipinski definition) is 7. The van der Waals surface area contributed by atoms with Crippen LogP contribution in [0.2, 0.25) is 0 Å². The molecule has 1 aromatic carbocycles. The first-order valence-corrected chi connectivity index (χ1v) is 10.3. The maximum absolute atomic E-state index is 12.7. The zero-order chi connectivity index (χ0) is 18.9. The fourth-order valence-corrected chi connectivity index (χ4v) is 4.29. The van der Waals surface area contributed by atoms with E-state index >= 15 is 0 Å². The van der Waals surface area contributed by atoms with Gasteiger partial charge in [-0.2, -0.15) is 5.10 Å². The SMILES string of the molecule is Cn1ncnc1COc1ccc(S(=O)(=O)Nc2nccc3sccc23)cc1. The monoisotopic (exact) mass is 401 g/mol. The van der Waals surface area contributed by atoms with E-state index in [9.17, 15) is 8.42 Å². The Balaban J connectivity index is 1.50. The van der Waals surface area contributed by atoms with Crippen molar-refractivity contribution in [3.8, 4) is 5.75 Å². The van der Waals surface area contributed by atoms with Crippen molar-refractivity contribution in [2.45, 2.75) is 11.5 Å². The van der Waals surface area contributed by atoms with Gasteiger partial charge in [0.1, 0.15) is 24.5 Å². The highest BCUT2D eigenvalue weighted by molar-refractivity contribution is 7.92. The second-order valence-corrected chi connectivity index (χ2v) is 8.29. The molecule has 0 saturated heterocycles. The van der Waals surface area contributed by atoms with Crippen molar-refractivity contribution in [2.75, 3.05) is 4.72 Å². The lowest BCUT2D eigenvalue weighted by molar-refractivity contribution is 0.289. The summed E-state index contributed by atoms with van der Waals surface area (Å²) >= 11 is 1.53. The molecule has 3 heterocycles. The van der Waals surface area contributed by atoms with Crippen molar-refractivity contribution in [3.05, 3.63) is 60.1 Å². The number of aromatic nitrogens is 4. The number of aryl methyl sites for hydroxylation is 1. The predicted molar refractivity (Wildman–Crippen MR) is 102 cm³/mol. The van der Waals surface area contributed by atoms with Crippen molar-refractivity contribution in [1.82, 2.24) is 19.7 Å². The van der Waals surface area contributed by atoms with Crippen molar-refractivity contribution in [2.24, 2.45) is 7.05 Å². The first-order chi connectivity index (χ1) is 13.0. The first-order valence-electron chi connectivity index (χ1n) is 7.94. The van der Waals surface area contributed by atoms with Crippen LogP contribution < -0.4 is 9.46 Å². The second kappa shape index (κ2) is 6.97. The number of hydrogen-bond donors (Lipinski definition) is 1. The van der Waals surface area contributed by atoms with Crippen molar-refractivity contribution in [3.63, 3.8) is 0 Å². The van der Waals surface area contributed by atoms with E-state index in [1.54, 1.807) is 30.1 Å². The van der Waals surface area contributed by atoms with Gasteiger partial charge in [-0.05, 0) is 41.8 Å². The van der Waals surface area contributed by atoms with Gasteiger partial charge in [0.2, 0.25) is 0 Å². The van der Waals surface area contributed by atoms with E-state index in [2.05, 4.69) is 19.8 Å². The molecule has 27 heavy (non-hydrogen) atoms. The molecule has 0 bridgehead atoms. The minimum Gasteiger partial charge on any atom is -0.486 e. The van der Waals surface area contributed by atoms with Crippen LogP contribution in [0.15, 0.2) is 59.2 Å². The summed E-state index contributed by atoms with van der Waals surface area (Å²) in [5, 5.41) is 6.63. The molecule has 0 radical (unpaired) electrons. The molecule has 0 aliphatic heterocycles. The Bertz CT molecular complexity index is 1180. The van der Waals surface area contributed by atoms with Gasteiger partial charge in [0.25, 0.3) is 10.0 Å². The highest BCUT2D eigenvalue weighted by Crippen LogP contribution is 2.27. The minimum absolute atomic E-state index is 0.127. The highest BCUT2D eigenvalue weighted by Gasteiger charge is 2.17. The Kier molecular flexibility index (Phi) is 4.50. The summed E-state index contributed by atoms with van der Waals surface area (Å²) in [4.78, 5) is 8.35. The zero-order valence-corrected chi connectivity index (χ0v) is 15.9. The standard InChI is InChI=1S/C17H15N5O3S2/c1-22-16(19-11-20-22)10-25-12-2-4-13(5-3-12)27(23,24)21-17-14-7-9-26-15(14)6-8-18-17/h2-9,11H,10H2,1H3,(H,18,21). The lowest BCUT2D eigenvalue weighted by Gasteiger charge is -2.10. The van der Waals surface area contributed by atoms with Gasteiger partial charge in [0.05, 0.1) is 4.90 Å². The fraction of sp³-hybridized carbons (Fsp3) is 0.118. The Hall–Kier alpha value is -2.98. The van der Waals surface area contributed by atoms with Crippen LogP contribution in [0.5, 0.6) is 5.75 Å². The lowest BCUT2D eigenvalue weighted by Crippen LogP contribution is -2.14. The molecule has 0 fully saturated rings. The van der Waals surface area contributed by atoms with Crippen LogP contribution in [0.4, 0.5) is 5.82 Å². The molecule has 0 aliphatic carbocycles. The Labute approximate surface area is 159 Å². The van der Waals surface area contributed by atoms with Crippen molar-refractivity contribution in [1.29, 1.82) is 0 Å². The van der Waals surface area contributed by atoms with Crippen LogP contribution in [0.3, 0.4) is 0 Å². The largest absolute Gasteiger partial charge is 0.486 e. The molecule has 0 saturated carbocycles. The van der Waals surface area contributed by atoms with E-state index < -0.39 is 10.0 Å². The van der Waals surface area contributed by atoms with Gasteiger partial charge in [0, 0.05) is 23.3 Å². The van der Waals surface area contributed by atoms with Gasteiger partial charge >= 0.3 is 0 Å². The molecule has 0 amide bonds. The zero-order valence-electron chi connectivity index (χ0n) is 14.2. The molecule has 10 heteroatoms. The predicted octanol–water partition coefficient (Wildman–Crippen LogP) is 2.80. The van der Waals surface area contributed by atoms with E-state index in [0.717, 1.165) is 10.1 Å². The number of pyridine rings is 1. The minimum atomic E-state index is -3.75. The number of anilines is 1. The number of benzene rings is 1. The summed E-state index contributed by atoms with van der Waals surface area (Å²) in [6.45, 7) is 0.241. The molecule has 138 valence electrons. The van der Waals surface area contributed by atoms with Gasteiger partial charge in [-0.1, -0.05) is 0 Å². The fourth-order valence-electron chi connectivity index (χ4n) is 2.48. The molecular formula is C17H15N5O3S2. The average molecular weight is 401 g/mol. The lowest BCUT2D eigenvalue weighted by atomic mass is 10.3. The van der Waals surface area contributed by atoms with Crippen LogP contribution in [-0.2, 0) is 23.7 Å². The third-order valence-electron chi connectivity index (χ3n) is 3.92. The Morgan fingerprint density at radius 1 is 1.15 bits per heavy atom. The van der Waals surface area contributed by atoms with E-state index in [4.69, 9.17) is 4.74 Å². The van der Waals surface area contributed by atoms with E-state index in [1.165, 1.54) is 29.8 Å². The van der Waals surface area contributed by atoms with Crippen LogP contribution in [0.25, 0.3) is 10.1 Å². The van der Waals surface area contributed by atoms with Gasteiger partial charge in [0.15, 0.2) is 5.82 Å². The van der Waals surface area contributed by atoms with Crippen LogP contribution >= 0.6 is 11.3 Å². The average Bonchev–Trinajstić information content (AvgIpc) is 3.29. The van der Waals surface area contributed by atoms with Gasteiger partial charge < -0.3 is 4.74 Å². The molecular weight excluding hydrogens is 386 g/mol. The molecule has 4 aromatic rings. The molecule has 0 atom stereocenters. The summed E-state index contributed by atoms with van der Waals surface area (Å²) in [6.07, 6.45) is 3.03. The van der Waals surface area contributed by atoms with E-state index in [1.807, 2.05) is 17.5 Å². The summed E-state index contributed by atoms with van der Waals surface area (Å²) in [5.74, 6) is 1.52.